The molecule has 0 radical (unpaired) electrons. The van der Waals surface area contributed by atoms with Crippen LogP contribution in [0.1, 0.15) is 43.8 Å². The van der Waals surface area contributed by atoms with Crippen LogP contribution in [0.2, 0.25) is 0 Å². The Balaban J connectivity index is 1.44. The van der Waals surface area contributed by atoms with Gasteiger partial charge in [-0.25, -0.2) is 4.98 Å². The maximum atomic E-state index is 13.3. The summed E-state index contributed by atoms with van der Waals surface area (Å²) in [4.78, 5) is 22.4. The van der Waals surface area contributed by atoms with Crippen molar-refractivity contribution in [3.8, 4) is 0 Å². The SMILES string of the molecule is Cc1nc(CN2CC[C@]3(CCCN(C4CCOCC4)C3=O)C2)n(C)n1. The van der Waals surface area contributed by atoms with Crippen molar-refractivity contribution in [1.29, 1.82) is 0 Å². The Hall–Kier alpha value is -1.47. The molecule has 0 saturated carbocycles. The van der Waals surface area contributed by atoms with E-state index in [2.05, 4.69) is 19.9 Å². The molecule has 3 fully saturated rings. The second-order valence-electron chi connectivity index (χ2n) is 7.89. The number of aryl methyl sites for hydroxylation is 2. The fourth-order valence-electron chi connectivity index (χ4n) is 4.81. The molecule has 1 spiro atoms. The number of likely N-dealkylation sites (tertiary alicyclic amines) is 2. The Morgan fingerprint density at radius 2 is 2.04 bits per heavy atom. The molecule has 3 aliphatic heterocycles. The van der Waals surface area contributed by atoms with Crippen LogP contribution in [-0.4, -0.2) is 69.4 Å². The topological polar surface area (TPSA) is 63.5 Å². The summed E-state index contributed by atoms with van der Waals surface area (Å²) in [5.41, 5.74) is -0.176. The average molecular weight is 347 g/mol. The van der Waals surface area contributed by atoms with Crippen LogP contribution in [0.4, 0.5) is 0 Å². The van der Waals surface area contributed by atoms with E-state index in [9.17, 15) is 4.79 Å². The first-order chi connectivity index (χ1) is 12.1. The van der Waals surface area contributed by atoms with Gasteiger partial charge in [-0.1, -0.05) is 0 Å². The molecule has 138 valence electrons. The molecule has 0 bridgehead atoms. The van der Waals surface area contributed by atoms with Crippen molar-refractivity contribution in [2.24, 2.45) is 12.5 Å². The summed E-state index contributed by atoms with van der Waals surface area (Å²) in [5, 5.41) is 4.34. The smallest absolute Gasteiger partial charge is 0.230 e. The highest BCUT2D eigenvalue weighted by Gasteiger charge is 2.49. The Morgan fingerprint density at radius 1 is 1.24 bits per heavy atom. The summed E-state index contributed by atoms with van der Waals surface area (Å²) in [6, 6.07) is 0.383. The van der Waals surface area contributed by atoms with E-state index in [0.717, 1.165) is 83.1 Å². The van der Waals surface area contributed by atoms with E-state index in [1.807, 2.05) is 18.7 Å². The van der Waals surface area contributed by atoms with E-state index >= 15 is 0 Å². The molecule has 7 heteroatoms. The molecule has 0 N–H and O–H groups in total. The van der Waals surface area contributed by atoms with Gasteiger partial charge in [-0.2, -0.15) is 5.10 Å². The number of hydrogen-bond acceptors (Lipinski definition) is 5. The monoisotopic (exact) mass is 347 g/mol. The van der Waals surface area contributed by atoms with Crippen molar-refractivity contribution in [3.63, 3.8) is 0 Å². The van der Waals surface area contributed by atoms with Gasteiger partial charge in [-0.05, 0) is 45.6 Å². The van der Waals surface area contributed by atoms with Crippen LogP contribution in [-0.2, 0) is 23.1 Å². The Kier molecular flexibility index (Phi) is 4.54. The molecule has 3 saturated heterocycles. The zero-order valence-electron chi connectivity index (χ0n) is 15.4. The lowest BCUT2D eigenvalue weighted by atomic mass is 9.77. The quantitative estimate of drug-likeness (QED) is 0.820. The second kappa shape index (κ2) is 6.68. The van der Waals surface area contributed by atoms with Crippen molar-refractivity contribution in [2.45, 2.75) is 51.6 Å². The molecule has 7 nitrogen and oxygen atoms in total. The predicted octanol–water partition coefficient (Wildman–Crippen LogP) is 1.12. The molecule has 4 heterocycles. The zero-order valence-corrected chi connectivity index (χ0v) is 15.4. The summed E-state index contributed by atoms with van der Waals surface area (Å²) < 4.78 is 7.34. The normalized spacial score (nSPS) is 29.0. The number of carbonyl (C=O) groups is 1. The van der Waals surface area contributed by atoms with E-state index in [-0.39, 0.29) is 5.41 Å². The molecule has 1 atom stereocenters. The summed E-state index contributed by atoms with van der Waals surface area (Å²) in [5.74, 6) is 2.19. The summed E-state index contributed by atoms with van der Waals surface area (Å²) in [6.45, 7) is 7.04. The van der Waals surface area contributed by atoms with Gasteiger partial charge < -0.3 is 9.64 Å². The minimum atomic E-state index is -0.176. The number of amides is 1. The molecule has 4 rings (SSSR count). The number of ether oxygens (including phenoxy) is 1. The van der Waals surface area contributed by atoms with Crippen molar-refractivity contribution in [2.75, 3.05) is 32.8 Å². The van der Waals surface area contributed by atoms with Crippen molar-refractivity contribution >= 4 is 5.91 Å². The molecule has 25 heavy (non-hydrogen) atoms. The van der Waals surface area contributed by atoms with Gasteiger partial charge in [-0.3, -0.25) is 14.4 Å². The number of hydrogen-bond donors (Lipinski definition) is 0. The minimum absolute atomic E-state index is 0.176. The fraction of sp³-hybridized carbons (Fsp3) is 0.833. The highest BCUT2D eigenvalue weighted by Crippen LogP contribution is 2.41. The van der Waals surface area contributed by atoms with Crippen molar-refractivity contribution in [3.05, 3.63) is 11.6 Å². The van der Waals surface area contributed by atoms with Crippen LogP contribution in [0.5, 0.6) is 0 Å². The molecule has 1 aromatic heterocycles. The molecular formula is C18H29N5O2. The fourth-order valence-corrected chi connectivity index (χ4v) is 4.81. The number of nitrogens with zero attached hydrogens (tertiary/aromatic N) is 5. The maximum absolute atomic E-state index is 13.3. The third kappa shape index (κ3) is 3.19. The van der Waals surface area contributed by atoms with Crippen LogP contribution in [0, 0.1) is 12.3 Å². The Labute approximate surface area is 149 Å². The summed E-state index contributed by atoms with van der Waals surface area (Å²) in [7, 11) is 1.94. The van der Waals surface area contributed by atoms with E-state index in [0.29, 0.717) is 11.9 Å². The van der Waals surface area contributed by atoms with Gasteiger partial charge in [-0.15, -0.1) is 0 Å². The van der Waals surface area contributed by atoms with Gasteiger partial charge in [0.2, 0.25) is 5.91 Å². The minimum Gasteiger partial charge on any atom is -0.381 e. The lowest BCUT2D eigenvalue weighted by Crippen LogP contribution is -2.54. The van der Waals surface area contributed by atoms with E-state index in [1.165, 1.54) is 0 Å². The highest BCUT2D eigenvalue weighted by atomic mass is 16.5. The molecular weight excluding hydrogens is 318 g/mol. The van der Waals surface area contributed by atoms with Gasteiger partial charge in [0.05, 0.1) is 12.0 Å². The van der Waals surface area contributed by atoms with Gasteiger partial charge in [0.15, 0.2) is 0 Å². The molecule has 1 aromatic rings. The van der Waals surface area contributed by atoms with E-state index < -0.39 is 0 Å². The lowest BCUT2D eigenvalue weighted by molar-refractivity contribution is -0.150. The number of carbonyl (C=O) groups excluding carboxylic acids is 1. The van der Waals surface area contributed by atoms with Crippen LogP contribution in [0.3, 0.4) is 0 Å². The van der Waals surface area contributed by atoms with Crippen LogP contribution >= 0.6 is 0 Å². The number of rotatable bonds is 3. The largest absolute Gasteiger partial charge is 0.381 e. The van der Waals surface area contributed by atoms with Crippen LogP contribution in [0.15, 0.2) is 0 Å². The molecule has 1 amide bonds. The highest BCUT2D eigenvalue weighted by molar-refractivity contribution is 5.84. The lowest BCUT2D eigenvalue weighted by Gasteiger charge is -2.44. The first-order valence-electron chi connectivity index (χ1n) is 9.55. The summed E-state index contributed by atoms with van der Waals surface area (Å²) in [6.07, 6.45) is 5.11. The van der Waals surface area contributed by atoms with Crippen molar-refractivity contribution < 1.29 is 9.53 Å². The maximum Gasteiger partial charge on any atom is 0.230 e. The zero-order chi connectivity index (χ0) is 17.4. The predicted molar refractivity (Wildman–Crippen MR) is 92.9 cm³/mol. The van der Waals surface area contributed by atoms with Gasteiger partial charge in [0.25, 0.3) is 0 Å². The van der Waals surface area contributed by atoms with E-state index in [4.69, 9.17) is 4.74 Å². The first-order valence-corrected chi connectivity index (χ1v) is 9.55. The Bertz CT molecular complexity index is 639. The summed E-state index contributed by atoms with van der Waals surface area (Å²) >= 11 is 0. The van der Waals surface area contributed by atoms with Gasteiger partial charge in [0.1, 0.15) is 11.6 Å². The molecule has 0 unspecified atom stereocenters. The first kappa shape index (κ1) is 17.0. The molecule has 0 aromatic carbocycles. The van der Waals surface area contributed by atoms with Crippen molar-refractivity contribution in [1.82, 2.24) is 24.6 Å². The third-order valence-corrected chi connectivity index (χ3v) is 6.16. The van der Waals surface area contributed by atoms with Crippen LogP contribution in [0.25, 0.3) is 0 Å². The standard InChI is InChI=1S/C18H29N5O2/c1-14-19-16(21(2)20-14)12-22-9-7-18(13-22)6-3-8-23(17(18)24)15-4-10-25-11-5-15/h15H,3-13H2,1-2H3/t18-/m1/s1. The Morgan fingerprint density at radius 3 is 2.76 bits per heavy atom. The second-order valence-corrected chi connectivity index (χ2v) is 7.89. The molecule has 0 aliphatic carbocycles. The molecule has 3 aliphatic rings. The van der Waals surface area contributed by atoms with Gasteiger partial charge in [0, 0.05) is 39.4 Å². The number of aromatic nitrogens is 3. The van der Waals surface area contributed by atoms with E-state index in [1.54, 1.807) is 0 Å². The third-order valence-electron chi connectivity index (χ3n) is 6.16. The van der Waals surface area contributed by atoms with Crippen LogP contribution < -0.4 is 0 Å². The van der Waals surface area contributed by atoms with Gasteiger partial charge >= 0.3 is 0 Å². The number of piperidine rings is 1. The average Bonchev–Trinajstić information content (AvgIpc) is 3.15.